The first-order valence-corrected chi connectivity index (χ1v) is 10.8. The minimum Gasteiger partial charge on any atom is -0.350 e. The molecule has 2 heterocycles. The Morgan fingerprint density at radius 3 is 2.21 bits per heavy atom. The van der Waals surface area contributed by atoms with Crippen LogP contribution in [0.5, 0.6) is 0 Å². The summed E-state index contributed by atoms with van der Waals surface area (Å²) in [5.74, 6) is 0.0712. The van der Waals surface area contributed by atoms with Gasteiger partial charge in [-0.2, -0.15) is 0 Å². The van der Waals surface area contributed by atoms with E-state index >= 15 is 0 Å². The summed E-state index contributed by atoms with van der Waals surface area (Å²) in [6, 6.07) is 26.1. The van der Waals surface area contributed by atoms with E-state index in [-0.39, 0.29) is 5.82 Å². The van der Waals surface area contributed by atoms with E-state index in [4.69, 9.17) is 0 Å². The van der Waals surface area contributed by atoms with Crippen LogP contribution in [0.3, 0.4) is 0 Å². The SMILES string of the molecule is FCn1cnc(-c2ccc(F)cc2)c1-c1ccnc(NCc2ccc(-c3ccccc3)cc2)n1. The Labute approximate surface area is 195 Å². The minimum absolute atomic E-state index is 0.347. The maximum Gasteiger partial charge on any atom is 0.223 e. The number of anilines is 1. The lowest BCUT2D eigenvalue weighted by Crippen LogP contribution is -2.05. The van der Waals surface area contributed by atoms with E-state index in [0.29, 0.717) is 35.1 Å². The summed E-state index contributed by atoms with van der Waals surface area (Å²) in [7, 11) is 0. The van der Waals surface area contributed by atoms with E-state index < -0.39 is 6.80 Å². The molecule has 5 nitrogen and oxygen atoms in total. The molecule has 0 amide bonds. The van der Waals surface area contributed by atoms with Crippen LogP contribution >= 0.6 is 0 Å². The molecule has 0 aliphatic heterocycles. The first-order valence-electron chi connectivity index (χ1n) is 10.8. The van der Waals surface area contributed by atoms with Gasteiger partial charge >= 0.3 is 0 Å². The first kappa shape index (κ1) is 21.5. The average molecular weight is 453 g/mol. The molecule has 34 heavy (non-hydrogen) atoms. The maximum absolute atomic E-state index is 13.7. The van der Waals surface area contributed by atoms with Crippen LogP contribution in [0.4, 0.5) is 14.7 Å². The molecule has 2 aromatic heterocycles. The fourth-order valence-electron chi connectivity index (χ4n) is 3.76. The Balaban J connectivity index is 1.36. The summed E-state index contributed by atoms with van der Waals surface area (Å²) in [6.07, 6.45) is 3.03. The monoisotopic (exact) mass is 453 g/mol. The third-order valence-corrected chi connectivity index (χ3v) is 5.49. The lowest BCUT2D eigenvalue weighted by molar-refractivity contribution is 0.379. The molecule has 0 aliphatic carbocycles. The standard InChI is InChI=1S/C27H21F2N5/c28-17-34-18-32-25(22-10-12-23(29)13-11-22)26(34)24-14-15-30-27(33-24)31-16-19-6-8-21(9-7-19)20-4-2-1-3-5-20/h1-15,18H,16-17H2,(H,30,31,33). The van der Waals surface area contributed by atoms with Crippen LogP contribution in [0.1, 0.15) is 5.56 Å². The summed E-state index contributed by atoms with van der Waals surface area (Å²) < 4.78 is 28.4. The van der Waals surface area contributed by atoms with Crippen LogP contribution in [-0.2, 0) is 13.3 Å². The maximum atomic E-state index is 13.7. The van der Waals surface area contributed by atoms with Crippen molar-refractivity contribution in [2.45, 2.75) is 13.3 Å². The number of alkyl halides is 1. The molecule has 7 heteroatoms. The van der Waals surface area contributed by atoms with Crippen molar-refractivity contribution in [1.82, 2.24) is 19.5 Å². The summed E-state index contributed by atoms with van der Waals surface area (Å²) in [5.41, 5.74) is 5.62. The van der Waals surface area contributed by atoms with Crippen LogP contribution in [0.2, 0.25) is 0 Å². The number of halogens is 2. The van der Waals surface area contributed by atoms with Crippen molar-refractivity contribution < 1.29 is 8.78 Å². The predicted molar refractivity (Wildman–Crippen MR) is 129 cm³/mol. The van der Waals surface area contributed by atoms with Crippen LogP contribution in [0.25, 0.3) is 33.8 Å². The quantitative estimate of drug-likeness (QED) is 0.312. The lowest BCUT2D eigenvalue weighted by atomic mass is 10.0. The summed E-state index contributed by atoms with van der Waals surface area (Å²) >= 11 is 0. The smallest absolute Gasteiger partial charge is 0.223 e. The number of rotatable bonds is 7. The molecule has 0 saturated carbocycles. The zero-order valence-corrected chi connectivity index (χ0v) is 18.2. The van der Waals surface area contributed by atoms with Gasteiger partial charge in [0, 0.05) is 18.3 Å². The molecule has 0 bridgehead atoms. The average Bonchev–Trinajstić information content (AvgIpc) is 3.33. The normalized spacial score (nSPS) is 10.9. The van der Waals surface area contributed by atoms with Crippen molar-refractivity contribution in [3.05, 3.63) is 109 Å². The van der Waals surface area contributed by atoms with Gasteiger partial charge in [-0.1, -0.05) is 54.6 Å². The van der Waals surface area contributed by atoms with Crippen LogP contribution in [0, 0.1) is 5.82 Å². The van der Waals surface area contributed by atoms with Gasteiger partial charge in [0.25, 0.3) is 0 Å². The second kappa shape index (κ2) is 9.62. The van der Waals surface area contributed by atoms with Gasteiger partial charge in [-0.05, 0) is 47.0 Å². The molecule has 0 saturated heterocycles. The number of imidazole rings is 1. The topological polar surface area (TPSA) is 55.6 Å². The molecular formula is C27H21F2N5. The van der Waals surface area contributed by atoms with E-state index in [1.54, 1.807) is 24.4 Å². The highest BCUT2D eigenvalue weighted by atomic mass is 19.1. The van der Waals surface area contributed by atoms with E-state index in [9.17, 15) is 8.78 Å². The van der Waals surface area contributed by atoms with Crippen molar-refractivity contribution >= 4 is 5.95 Å². The van der Waals surface area contributed by atoms with E-state index in [1.807, 2.05) is 18.2 Å². The Morgan fingerprint density at radius 1 is 0.765 bits per heavy atom. The first-order chi connectivity index (χ1) is 16.7. The van der Waals surface area contributed by atoms with Gasteiger partial charge in [0.1, 0.15) is 5.82 Å². The molecule has 0 atom stereocenters. The number of nitrogens with zero attached hydrogens (tertiary/aromatic N) is 4. The molecule has 5 aromatic rings. The fraction of sp³-hybridized carbons (Fsp3) is 0.0741. The highest BCUT2D eigenvalue weighted by molar-refractivity contribution is 5.77. The molecular weight excluding hydrogens is 432 g/mol. The third-order valence-electron chi connectivity index (χ3n) is 5.49. The second-order valence-corrected chi connectivity index (χ2v) is 7.72. The van der Waals surface area contributed by atoms with E-state index in [0.717, 1.165) is 11.1 Å². The van der Waals surface area contributed by atoms with Crippen molar-refractivity contribution in [3.63, 3.8) is 0 Å². The Bertz CT molecular complexity index is 1380. The number of benzene rings is 3. The fourth-order valence-corrected chi connectivity index (χ4v) is 3.76. The van der Waals surface area contributed by atoms with Gasteiger partial charge in [0.15, 0.2) is 6.80 Å². The Hall–Kier alpha value is -4.39. The Kier molecular flexibility index (Phi) is 6.07. The van der Waals surface area contributed by atoms with Gasteiger partial charge in [0.05, 0.1) is 23.4 Å². The highest BCUT2D eigenvalue weighted by Crippen LogP contribution is 2.31. The van der Waals surface area contributed by atoms with Crippen molar-refractivity contribution in [3.8, 4) is 33.8 Å². The van der Waals surface area contributed by atoms with Gasteiger partial charge in [0.2, 0.25) is 5.95 Å². The molecule has 3 aromatic carbocycles. The summed E-state index contributed by atoms with van der Waals surface area (Å²) in [6.45, 7) is -0.226. The highest BCUT2D eigenvalue weighted by Gasteiger charge is 2.17. The largest absolute Gasteiger partial charge is 0.350 e. The molecule has 0 aliphatic rings. The van der Waals surface area contributed by atoms with Gasteiger partial charge in [-0.15, -0.1) is 0 Å². The van der Waals surface area contributed by atoms with Gasteiger partial charge in [-0.3, -0.25) is 4.57 Å². The summed E-state index contributed by atoms with van der Waals surface area (Å²) in [5, 5.41) is 3.23. The van der Waals surface area contributed by atoms with Crippen LogP contribution < -0.4 is 5.32 Å². The Morgan fingerprint density at radius 2 is 1.47 bits per heavy atom. The number of hydrogen-bond acceptors (Lipinski definition) is 4. The molecule has 5 rings (SSSR count). The lowest BCUT2D eigenvalue weighted by Gasteiger charge is -2.10. The molecule has 0 fully saturated rings. The number of nitrogens with one attached hydrogen (secondary N) is 1. The second-order valence-electron chi connectivity index (χ2n) is 7.72. The number of aromatic nitrogens is 4. The van der Waals surface area contributed by atoms with Crippen LogP contribution in [0.15, 0.2) is 97.5 Å². The number of hydrogen-bond donors (Lipinski definition) is 1. The summed E-state index contributed by atoms with van der Waals surface area (Å²) in [4.78, 5) is 13.2. The molecule has 168 valence electrons. The zero-order chi connectivity index (χ0) is 23.3. The van der Waals surface area contributed by atoms with Crippen molar-refractivity contribution in [2.24, 2.45) is 0 Å². The molecule has 0 unspecified atom stereocenters. The third kappa shape index (κ3) is 4.54. The molecule has 1 N–H and O–H groups in total. The van der Waals surface area contributed by atoms with Gasteiger partial charge < -0.3 is 5.32 Å². The van der Waals surface area contributed by atoms with Crippen molar-refractivity contribution in [2.75, 3.05) is 5.32 Å². The molecule has 0 radical (unpaired) electrons. The van der Waals surface area contributed by atoms with Crippen molar-refractivity contribution in [1.29, 1.82) is 0 Å². The predicted octanol–water partition coefficient (Wildman–Crippen LogP) is 6.35. The zero-order valence-electron chi connectivity index (χ0n) is 18.2. The van der Waals surface area contributed by atoms with Gasteiger partial charge in [-0.25, -0.2) is 23.7 Å². The minimum atomic E-state index is -0.760. The van der Waals surface area contributed by atoms with Crippen LogP contribution in [-0.4, -0.2) is 19.5 Å². The molecule has 0 spiro atoms. The van der Waals surface area contributed by atoms with E-state index in [1.165, 1.54) is 28.6 Å². The van der Waals surface area contributed by atoms with E-state index in [2.05, 4.69) is 56.7 Å².